The Bertz CT molecular complexity index is 696. The summed E-state index contributed by atoms with van der Waals surface area (Å²) < 4.78 is 42.4. The fraction of sp³-hybridized carbons (Fsp3) is 0.231. The van der Waals surface area contributed by atoms with Crippen LogP contribution >= 0.6 is 22.6 Å². The molecule has 0 saturated heterocycles. The lowest BCUT2D eigenvalue weighted by molar-refractivity contribution is -0.274. The number of aryl methyl sites for hydroxylation is 1. The number of carbonyl (C=O) groups excluding carboxylic acids is 1. The number of ether oxygens (including phenoxy) is 1. The summed E-state index contributed by atoms with van der Waals surface area (Å²) >= 11 is 2.09. The number of hydrogen-bond acceptors (Lipinski definition) is 3. The van der Waals surface area contributed by atoms with Crippen LogP contribution in [0.4, 0.5) is 19.0 Å². The Balaban J connectivity index is 2.11. The fourth-order valence-corrected chi connectivity index (χ4v) is 2.08. The molecule has 2 rings (SSSR count). The molecule has 0 saturated carbocycles. The van der Waals surface area contributed by atoms with Crippen LogP contribution in [0, 0.1) is 10.6 Å². The summed E-state index contributed by atoms with van der Waals surface area (Å²) in [6.45, 7) is 1.81. The highest BCUT2D eigenvalue weighted by Gasteiger charge is 2.31. The topological polar surface area (TPSA) is 56.1 Å². The van der Waals surface area contributed by atoms with Crippen molar-refractivity contribution in [3.8, 4) is 5.75 Å². The van der Waals surface area contributed by atoms with Crippen LogP contribution in [-0.4, -0.2) is 22.1 Å². The number of rotatable bonds is 3. The molecule has 0 aliphatic rings. The van der Waals surface area contributed by atoms with Crippen molar-refractivity contribution in [1.82, 2.24) is 9.78 Å². The standard InChI is InChI=1S/C13H11F3IN3O2/c1-7-10(17)20(2)19-11(7)18-12(21)8-3-5-9(6-4-8)22-13(14,15)16/h3-6H,1-2H3,(H,18,19,21). The Morgan fingerprint density at radius 2 is 1.91 bits per heavy atom. The second-order valence-electron chi connectivity index (χ2n) is 4.41. The van der Waals surface area contributed by atoms with Gasteiger partial charge in [-0.15, -0.1) is 13.2 Å². The van der Waals surface area contributed by atoms with E-state index in [9.17, 15) is 18.0 Å². The second kappa shape index (κ2) is 6.15. The van der Waals surface area contributed by atoms with E-state index in [2.05, 4.69) is 37.7 Å². The SMILES string of the molecule is Cc1c(NC(=O)c2ccc(OC(F)(F)F)cc2)nn(C)c1I. The van der Waals surface area contributed by atoms with Crippen LogP contribution in [0.5, 0.6) is 5.75 Å². The third-order valence-corrected chi connectivity index (χ3v) is 4.29. The Labute approximate surface area is 137 Å². The minimum atomic E-state index is -4.76. The highest BCUT2D eigenvalue weighted by atomic mass is 127. The second-order valence-corrected chi connectivity index (χ2v) is 5.44. The number of nitrogens with one attached hydrogen (secondary N) is 1. The minimum absolute atomic E-state index is 0.203. The van der Waals surface area contributed by atoms with Crippen LogP contribution in [0.1, 0.15) is 15.9 Å². The van der Waals surface area contributed by atoms with Crippen molar-refractivity contribution in [2.75, 3.05) is 5.32 Å². The van der Waals surface area contributed by atoms with Crippen molar-refractivity contribution in [3.05, 3.63) is 39.1 Å². The molecule has 0 atom stereocenters. The maximum Gasteiger partial charge on any atom is 0.573 e. The van der Waals surface area contributed by atoms with E-state index < -0.39 is 12.3 Å². The van der Waals surface area contributed by atoms with Crippen LogP contribution in [-0.2, 0) is 7.05 Å². The smallest absolute Gasteiger partial charge is 0.406 e. The summed E-state index contributed by atoms with van der Waals surface area (Å²) in [7, 11) is 1.74. The number of benzene rings is 1. The first-order chi connectivity index (χ1) is 10.2. The lowest BCUT2D eigenvalue weighted by atomic mass is 10.2. The third kappa shape index (κ3) is 3.90. The van der Waals surface area contributed by atoms with Crippen molar-refractivity contribution in [1.29, 1.82) is 0 Å². The molecule has 0 unspecified atom stereocenters. The Kier molecular flexibility index (Phi) is 4.63. The third-order valence-electron chi connectivity index (χ3n) is 2.78. The number of carbonyl (C=O) groups is 1. The zero-order chi connectivity index (χ0) is 16.5. The number of aromatic nitrogens is 2. The molecule has 0 fully saturated rings. The monoisotopic (exact) mass is 425 g/mol. The average molecular weight is 425 g/mol. The molecule has 9 heteroatoms. The summed E-state index contributed by atoms with van der Waals surface area (Å²) in [5.74, 6) is -0.434. The number of anilines is 1. The quantitative estimate of drug-likeness (QED) is 0.767. The van der Waals surface area contributed by atoms with Gasteiger partial charge in [-0.25, -0.2) is 0 Å². The maximum absolute atomic E-state index is 12.1. The van der Waals surface area contributed by atoms with Crippen LogP contribution in [0.3, 0.4) is 0 Å². The van der Waals surface area contributed by atoms with Gasteiger partial charge < -0.3 is 10.1 Å². The minimum Gasteiger partial charge on any atom is -0.406 e. The molecular weight excluding hydrogens is 414 g/mol. The fourth-order valence-electron chi connectivity index (χ4n) is 1.72. The van der Waals surface area contributed by atoms with E-state index in [0.717, 1.165) is 21.4 Å². The lowest BCUT2D eigenvalue weighted by Crippen LogP contribution is -2.17. The Hall–Kier alpha value is -1.78. The Morgan fingerprint density at radius 3 is 2.36 bits per heavy atom. The van der Waals surface area contributed by atoms with Gasteiger partial charge in [0.2, 0.25) is 0 Å². The van der Waals surface area contributed by atoms with Crippen molar-refractivity contribution in [2.45, 2.75) is 13.3 Å². The van der Waals surface area contributed by atoms with Gasteiger partial charge in [-0.2, -0.15) is 5.10 Å². The lowest BCUT2D eigenvalue weighted by Gasteiger charge is -2.09. The average Bonchev–Trinajstić information content (AvgIpc) is 2.65. The van der Waals surface area contributed by atoms with Crippen molar-refractivity contribution >= 4 is 34.3 Å². The molecular formula is C13H11F3IN3O2. The van der Waals surface area contributed by atoms with Crippen LogP contribution in [0.25, 0.3) is 0 Å². The molecule has 1 aromatic heterocycles. The largest absolute Gasteiger partial charge is 0.573 e. The molecule has 0 bridgehead atoms. The van der Waals surface area contributed by atoms with E-state index in [1.54, 1.807) is 11.7 Å². The summed E-state index contributed by atoms with van der Waals surface area (Å²) in [5, 5.41) is 6.76. The van der Waals surface area contributed by atoms with E-state index in [0.29, 0.717) is 5.82 Å². The summed E-state index contributed by atoms with van der Waals surface area (Å²) in [4.78, 5) is 12.1. The first kappa shape index (κ1) is 16.6. The molecule has 2 aromatic rings. The van der Waals surface area contributed by atoms with E-state index in [-0.39, 0.29) is 11.3 Å². The molecule has 0 aliphatic heterocycles. The van der Waals surface area contributed by atoms with E-state index in [1.807, 2.05) is 6.92 Å². The number of nitrogens with zero attached hydrogens (tertiary/aromatic N) is 2. The van der Waals surface area contributed by atoms with Crippen LogP contribution < -0.4 is 10.1 Å². The highest BCUT2D eigenvalue weighted by Crippen LogP contribution is 2.23. The first-order valence-electron chi connectivity index (χ1n) is 6.03. The zero-order valence-corrected chi connectivity index (χ0v) is 13.7. The van der Waals surface area contributed by atoms with E-state index in [1.165, 1.54) is 12.1 Å². The van der Waals surface area contributed by atoms with Crippen molar-refractivity contribution in [2.24, 2.45) is 7.05 Å². The van der Waals surface area contributed by atoms with Gasteiger partial charge in [-0.1, -0.05) is 0 Å². The van der Waals surface area contributed by atoms with Crippen LogP contribution in [0.2, 0.25) is 0 Å². The molecule has 1 N–H and O–H groups in total. The van der Waals surface area contributed by atoms with Gasteiger partial charge in [0, 0.05) is 18.2 Å². The van der Waals surface area contributed by atoms with E-state index in [4.69, 9.17) is 0 Å². The molecule has 0 aliphatic carbocycles. The summed E-state index contributed by atoms with van der Waals surface area (Å²) in [6.07, 6.45) is -4.76. The molecule has 118 valence electrons. The normalized spacial score (nSPS) is 11.4. The Morgan fingerprint density at radius 1 is 1.32 bits per heavy atom. The number of alkyl halides is 3. The number of halogens is 4. The predicted octanol–water partition coefficient (Wildman–Crippen LogP) is 3.48. The summed E-state index contributed by atoms with van der Waals surface area (Å²) in [5.41, 5.74) is 1.02. The van der Waals surface area contributed by atoms with E-state index >= 15 is 0 Å². The van der Waals surface area contributed by atoms with Crippen molar-refractivity contribution < 1.29 is 22.7 Å². The molecule has 0 spiro atoms. The first-order valence-corrected chi connectivity index (χ1v) is 7.11. The molecule has 5 nitrogen and oxygen atoms in total. The number of hydrogen-bond donors (Lipinski definition) is 1. The van der Waals surface area contributed by atoms with Gasteiger partial charge in [0.05, 0.1) is 0 Å². The van der Waals surface area contributed by atoms with Gasteiger partial charge in [0.1, 0.15) is 9.45 Å². The van der Waals surface area contributed by atoms with Gasteiger partial charge in [0.25, 0.3) is 5.91 Å². The molecule has 1 heterocycles. The van der Waals surface area contributed by atoms with Crippen molar-refractivity contribution in [3.63, 3.8) is 0 Å². The van der Waals surface area contributed by atoms with Gasteiger partial charge in [-0.3, -0.25) is 9.48 Å². The van der Waals surface area contributed by atoms with Crippen LogP contribution in [0.15, 0.2) is 24.3 Å². The molecule has 22 heavy (non-hydrogen) atoms. The van der Waals surface area contributed by atoms with Gasteiger partial charge >= 0.3 is 6.36 Å². The zero-order valence-electron chi connectivity index (χ0n) is 11.5. The van der Waals surface area contributed by atoms with Gasteiger partial charge in [0.15, 0.2) is 5.82 Å². The molecule has 0 radical (unpaired) electrons. The van der Waals surface area contributed by atoms with Gasteiger partial charge in [-0.05, 0) is 53.8 Å². The number of amides is 1. The summed E-state index contributed by atoms with van der Waals surface area (Å²) in [6, 6.07) is 4.66. The molecule has 1 amide bonds. The maximum atomic E-state index is 12.1. The molecule has 1 aromatic carbocycles. The predicted molar refractivity (Wildman–Crippen MR) is 81.7 cm³/mol. The highest BCUT2D eigenvalue weighted by molar-refractivity contribution is 14.1.